The molecule has 4 aliphatic carbocycles. The number of carboxylic acids is 1. The number of carbonyl (C=O) groups is 1. The van der Waals surface area contributed by atoms with E-state index in [0.717, 1.165) is 30.1 Å². The minimum atomic E-state index is -0.608. The molecule has 4 saturated carbocycles. The Morgan fingerprint density at radius 2 is 1.88 bits per heavy atom. The van der Waals surface area contributed by atoms with Gasteiger partial charge in [0.15, 0.2) is 0 Å². The maximum atomic E-state index is 10.8. The Morgan fingerprint density at radius 1 is 1.25 bits per heavy atom. The summed E-state index contributed by atoms with van der Waals surface area (Å²) in [6.07, 6.45) is 8.20. The molecule has 2 atom stereocenters. The second-order valence-electron chi connectivity index (χ2n) is 6.72. The van der Waals surface area contributed by atoms with E-state index in [0.29, 0.717) is 11.8 Å². The summed E-state index contributed by atoms with van der Waals surface area (Å²) in [6, 6.07) is 0. The van der Waals surface area contributed by atoms with E-state index in [1.807, 2.05) is 0 Å². The molecule has 0 spiro atoms. The first kappa shape index (κ1) is 10.6. The maximum Gasteiger partial charge on any atom is 0.303 e. The monoisotopic (exact) mass is 222 g/mol. The standard InChI is InChI=1S/C14H22O2/c1-9-11-4-10-5-12(9)8-14(6-10,7-11)3-2-13(15)16/h9-12H,2-8H2,1H3,(H,15,16). The number of hydrogen-bond donors (Lipinski definition) is 1. The fourth-order valence-corrected chi connectivity index (χ4v) is 5.12. The third-order valence-corrected chi connectivity index (χ3v) is 5.74. The highest BCUT2D eigenvalue weighted by atomic mass is 16.4. The van der Waals surface area contributed by atoms with Crippen LogP contribution in [0.4, 0.5) is 0 Å². The molecule has 0 amide bonds. The van der Waals surface area contributed by atoms with Gasteiger partial charge in [0.2, 0.25) is 0 Å². The van der Waals surface area contributed by atoms with Gasteiger partial charge in [0.05, 0.1) is 0 Å². The summed E-state index contributed by atoms with van der Waals surface area (Å²) in [5, 5.41) is 8.87. The predicted octanol–water partition coefficient (Wildman–Crippen LogP) is 3.31. The SMILES string of the molecule is CC1C2CC3CC1CC(CCC(=O)O)(C3)C2. The summed E-state index contributed by atoms with van der Waals surface area (Å²) in [7, 11) is 0. The summed E-state index contributed by atoms with van der Waals surface area (Å²) in [4.78, 5) is 10.8. The average molecular weight is 222 g/mol. The van der Waals surface area contributed by atoms with Crippen molar-refractivity contribution in [2.45, 2.75) is 51.9 Å². The van der Waals surface area contributed by atoms with Gasteiger partial charge in [-0.25, -0.2) is 0 Å². The zero-order valence-corrected chi connectivity index (χ0v) is 10.1. The molecule has 16 heavy (non-hydrogen) atoms. The Labute approximate surface area is 97.4 Å². The molecule has 0 aromatic heterocycles. The van der Waals surface area contributed by atoms with Crippen molar-refractivity contribution in [2.24, 2.45) is 29.1 Å². The highest BCUT2D eigenvalue weighted by Gasteiger charge is 2.53. The second-order valence-corrected chi connectivity index (χ2v) is 6.72. The molecular formula is C14H22O2. The molecule has 1 N–H and O–H groups in total. The molecule has 0 saturated heterocycles. The zero-order valence-electron chi connectivity index (χ0n) is 10.1. The molecule has 4 fully saturated rings. The summed E-state index contributed by atoms with van der Waals surface area (Å²) in [5.41, 5.74) is 0.432. The predicted molar refractivity (Wildman–Crippen MR) is 62.0 cm³/mol. The molecule has 4 aliphatic rings. The van der Waals surface area contributed by atoms with E-state index in [1.54, 1.807) is 0 Å². The van der Waals surface area contributed by atoms with Crippen molar-refractivity contribution in [3.05, 3.63) is 0 Å². The van der Waals surface area contributed by atoms with Crippen molar-refractivity contribution in [3.8, 4) is 0 Å². The molecule has 4 bridgehead atoms. The molecule has 2 nitrogen and oxygen atoms in total. The van der Waals surface area contributed by atoms with Gasteiger partial charge in [-0.3, -0.25) is 4.79 Å². The number of rotatable bonds is 3. The third kappa shape index (κ3) is 1.57. The molecule has 0 radical (unpaired) electrons. The Morgan fingerprint density at radius 3 is 2.44 bits per heavy atom. The lowest BCUT2D eigenvalue weighted by Crippen LogP contribution is -2.50. The quantitative estimate of drug-likeness (QED) is 0.795. The fraction of sp³-hybridized carbons (Fsp3) is 0.929. The van der Waals surface area contributed by atoms with E-state index >= 15 is 0 Å². The Kier molecular flexibility index (Phi) is 2.31. The first-order chi connectivity index (χ1) is 7.58. The molecule has 4 rings (SSSR count). The van der Waals surface area contributed by atoms with Crippen LogP contribution in [0.5, 0.6) is 0 Å². The molecule has 2 unspecified atom stereocenters. The van der Waals surface area contributed by atoms with Crippen LogP contribution in [0.1, 0.15) is 51.9 Å². The normalized spacial score (nSPS) is 49.6. The first-order valence-electron chi connectivity index (χ1n) is 6.80. The van der Waals surface area contributed by atoms with Gasteiger partial charge in [0.1, 0.15) is 0 Å². The molecule has 0 aromatic carbocycles. The number of hydrogen-bond acceptors (Lipinski definition) is 1. The van der Waals surface area contributed by atoms with Crippen LogP contribution in [0, 0.1) is 29.1 Å². The summed E-state index contributed by atoms with van der Waals surface area (Å²) in [5.74, 6) is 3.07. The smallest absolute Gasteiger partial charge is 0.303 e. The molecule has 0 aromatic rings. The van der Waals surface area contributed by atoms with E-state index in [1.165, 1.54) is 32.1 Å². The largest absolute Gasteiger partial charge is 0.481 e. The topological polar surface area (TPSA) is 37.3 Å². The Bertz CT molecular complexity index is 294. The lowest BCUT2D eigenvalue weighted by atomic mass is 9.45. The van der Waals surface area contributed by atoms with Crippen LogP contribution in [-0.2, 0) is 4.79 Å². The van der Waals surface area contributed by atoms with Gasteiger partial charge in [0, 0.05) is 6.42 Å². The number of aliphatic carboxylic acids is 1. The Hall–Kier alpha value is -0.530. The summed E-state index contributed by atoms with van der Waals surface area (Å²) in [6.45, 7) is 2.43. The lowest BCUT2D eigenvalue weighted by molar-refractivity contribution is -0.140. The van der Waals surface area contributed by atoms with Crippen molar-refractivity contribution in [2.75, 3.05) is 0 Å². The van der Waals surface area contributed by atoms with Gasteiger partial charge in [0.25, 0.3) is 0 Å². The molecule has 90 valence electrons. The van der Waals surface area contributed by atoms with E-state index in [4.69, 9.17) is 5.11 Å². The highest BCUT2D eigenvalue weighted by molar-refractivity contribution is 5.66. The Balaban J connectivity index is 1.75. The van der Waals surface area contributed by atoms with Crippen molar-refractivity contribution in [1.82, 2.24) is 0 Å². The molecule has 0 heterocycles. The van der Waals surface area contributed by atoms with Gasteiger partial charge in [-0.15, -0.1) is 0 Å². The van der Waals surface area contributed by atoms with E-state index < -0.39 is 5.97 Å². The summed E-state index contributed by atoms with van der Waals surface area (Å²) >= 11 is 0. The zero-order chi connectivity index (χ0) is 11.3. The van der Waals surface area contributed by atoms with Crippen molar-refractivity contribution < 1.29 is 9.90 Å². The minimum absolute atomic E-state index is 0.389. The fourth-order valence-electron chi connectivity index (χ4n) is 5.12. The van der Waals surface area contributed by atoms with Crippen LogP contribution in [-0.4, -0.2) is 11.1 Å². The van der Waals surface area contributed by atoms with Crippen molar-refractivity contribution in [3.63, 3.8) is 0 Å². The summed E-state index contributed by atoms with van der Waals surface area (Å²) < 4.78 is 0. The molecule has 0 aliphatic heterocycles. The highest BCUT2D eigenvalue weighted by Crippen LogP contribution is 2.63. The van der Waals surface area contributed by atoms with Gasteiger partial charge in [-0.2, -0.15) is 0 Å². The van der Waals surface area contributed by atoms with Crippen LogP contribution in [0.25, 0.3) is 0 Å². The van der Waals surface area contributed by atoms with Crippen LogP contribution in [0.2, 0.25) is 0 Å². The lowest BCUT2D eigenvalue weighted by Gasteiger charge is -2.60. The van der Waals surface area contributed by atoms with Crippen LogP contribution in [0.15, 0.2) is 0 Å². The average Bonchev–Trinajstić information content (AvgIpc) is 2.22. The molecule has 2 heteroatoms. The van der Waals surface area contributed by atoms with Crippen LogP contribution < -0.4 is 0 Å². The van der Waals surface area contributed by atoms with Crippen LogP contribution >= 0.6 is 0 Å². The van der Waals surface area contributed by atoms with Crippen LogP contribution in [0.3, 0.4) is 0 Å². The van der Waals surface area contributed by atoms with Crippen molar-refractivity contribution >= 4 is 5.97 Å². The van der Waals surface area contributed by atoms with Gasteiger partial charge in [-0.1, -0.05) is 6.92 Å². The maximum absolute atomic E-state index is 10.8. The van der Waals surface area contributed by atoms with Gasteiger partial charge in [-0.05, 0) is 67.6 Å². The molecular weight excluding hydrogens is 200 g/mol. The second kappa shape index (κ2) is 3.48. The third-order valence-electron chi connectivity index (χ3n) is 5.74. The van der Waals surface area contributed by atoms with Crippen molar-refractivity contribution in [1.29, 1.82) is 0 Å². The van der Waals surface area contributed by atoms with E-state index in [2.05, 4.69) is 6.92 Å². The van der Waals surface area contributed by atoms with E-state index in [-0.39, 0.29) is 0 Å². The first-order valence-corrected chi connectivity index (χ1v) is 6.80. The van der Waals surface area contributed by atoms with E-state index in [9.17, 15) is 4.79 Å². The van der Waals surface area contributed by atoms with Gasteiger partial charge < -0.3 is 5.11 Å². The minimum Gasteiger partial charge on any atom is -0.481 e. The number of carboxylic acid groups (broad SMARTS) is 1. The van der Waals surface area contributed by atoms with Gasteiger partial charge >= 0.3 is 5.97 Å².